The van der Waals surface area contributed by atoms with E-state index in [1.807, 2.05) is 0 Å². The summed E-state index contributed by atoms with van der Waals surface area (Å²) in [4.78, 5) is 12.1. The van der Waals surface area contributed by atoms with Crippen molar-refractivity contribution in [3.05, 3.63) is 52.0 Å². The van der Waals surface area contributed by atoms with Crippen LogP contribution in [-0.4, -0.2) is 25.9 Å². The van der Waals surface area contributed by atoms with Gasteiger partial charge >= 0.3 is 0 Å². The Labute approximate surface area is 155 Å². The van der Waals surface area contributed by atoms with Gasteiger partial charge in [-0.05, 0) is 29.8 Å². The van der Waals surface area contributed by atoms with Crippen molar-refractivity contribution >= 4 is 46.6 Å². The van der Waals surface area contributed by atoms with Gasteiger partial charge in [-0.2, -0.15) is 0 Å². The highest BCUT2D eigenvalue weighted by molar-refractivity contribution is 7.99. The average molecular weight is 386 g/mol. The van der Waals surface area contributed by atoms with Crippen LogP contribution in [0.5, 0.6) is 11.5 Å². The Morgan fingerprint density at radius 3 is 2.46 bits per heavy atom. The second-order valence-electron chi connectivity index (χ2n) is 4.81. The molecule has 0 aliphatic heterocycles. The minimum absolute atomic E-state index is 0.133. The van der Waals surface area contributed by atoms with Gasteiger partial charge in [-0.15, -0.1) is 11.8 Å². The SMILES string of the molecule is COc1ccc(NC(=O)CSCc2c(Cl)cccc2Cl)c(OC)c1. The van der Waals surface area contributed by atoms with Crippen molar-refractivity contribution in [2.45, 2.75) is 5.75 Å². The summed E-state index contributed by atoms with van der Waals surface area (Å²) >= 11 is 13.7. The van der Waals surface area contributed by atoms with Crippen molar-refractivity contribution in [2.75, 3.05) is 25.3 Å². The number of hydrogen-bond donors (Lipinski definition) is 1. The van der Waals surface area contributed by atoms with E-state index < -0.39 is 0 Å². The van der Waals surface area contributed by atoms with E-state index in [1.54, 1.807) is 50.6 Å². The zero-order valence-electron chi connectivity index (χ0n) is 13.3. The van der Waals surface area contributed by atoms with Crippen LogP contribution in [0.25, 0.3) is 0 Å². The predicted molar refractivity (Wildman–Crippen MR) is 101 cm³/mol. The molecule has 2 rings (SSSR count). The normalized spacial score (nSPS) is 10.3. The van der Waals surface area contributed by atoms with E-state index in [0.717, 1.165) is 5.56 Å². The lowest BCUT2D eigenvalue weighted by atomic mass is 10.2. The zero-order chi connectivity index (χ0) is 17.5. The first kappa shape index (κ1) is 18.8. The van der Waals surface area contributed by atoms with Gasteiger partial charge in [0, 0.05) is 21.9 Å². The highest BCUT2D eigenvalue weighted by Crippen LogP contribution is 2.30. The molecule has 0 saturated carbocycles. The van der Waals surface area contributed by atoms with E-state index >= 15 is 0 Å². The third-order valence-corrected chi connectivity index (χ3v) is 4.89. The first-order valence-electron chi connectivity index (χ1n) is 7.07. The van der Waals surface area contributed by atoms with E-state index in [4.69, 9.17) is 32.7 Å². The highest BCUT2D eigenvalue weighted by atomic mass is 35.5. The van der Waals surface area contributed by atoms with Gasteiger partial charge in [0.05, 0.1) is 25.7 Å². The molecule has 4 nitrogen and oxygen atoms in total. The molecule has 0 aliphatic rings. The van der Waals surface area contributed by atoms with Crippen LogP contribution in [0.3, 0.4) is 0 Å². The Bertz CT molecular complexity index is 705. The first-order valence-corrected chi connectivity index (χ1v) is 8.98. The molecule has 2 aromatic carbocycles. The van der Waals surface area contributed by atoms with E-state index in [9.17, 15) is 4.79 Å². The van der Waals surface area contributed by atoms with Gasteiger partial charge in [-0.25, -0.2) is 0 Å². The molecule has 0 radical (unpaired) electrons. The number of nitrogens with one attached hydrogen (secondary N) is 1. The number of carbonyl (C=O) groups is 1. The van der Waals surface area contributed by atoms with Crippen molar-refractivity contribution < 1.29 is 14.3 Å². The molecule has 0 bridgehead atoms. The fraction of sp³-hybridized carbons (Fsp3) is 0.235. The number of hydrogen-bond acceptors (Lipinski definition) is 4. The maximum absolute atomic E-state index is 12.1. The molecule has 128 valence electrons. The van der Waals surface area contributed by atoms with E-state index in [-0.39, 0.29) is 11.7 Å². The summed E-state index contributed by atoms with van der Waals surface area (Å²) in [5.74, 6) is 1.91. The molecule has 7 heteroatoms. The lowest BCUT2D eigenvalue weighted by Crippen LogP contribution is -2.15. The van der Waals surface area contributed by atoms with Crippen molar-refractivity contribution in [3.8, 4) is 11.5 Å². The summed E-state index contributed by atoms with van der Waals surface area (Å²) in [5.41, 5.74) is 1.43. The summed E-state index contributed by atoms with van der Waals surface area (Å²) in [6.45, 7) is 0. The van der Waals surface area contributed by atoms with E-state index in [2.05, 4.69) is 5.32 Å². The number of carbonyl (C=O) groups excluding carboxylic acids is 1. The van der Waals surface area contributed by atoms with Gasteiger partial charge < -0.3 is 14.8 Å². The zero-order valence-corrected chi connectivity index (χ0v) is 15.6. The number of halogens is 2. The molecule has 1 amide bonds. The Morgan fingerprint density at radius 2 is 1.83 bits per heavy atom. The van der Waals surface area contributed by atoms with Crippen LogP contribution in [-0.2, 0) is 10.5 Å². The molecule has 1 N–H and O–H groups in total. The monoisotopic (exact) mass is 385 g/mol. The van der Waals surface area contributed by atoms with Crippen LogP contribution in [0, 0.1) is 0 Å². The summed E-state index contributed by atoms with van der Waals surface area (Å²) in [6, 6.07) is 10.6. The topological polar surface area (TPSA) is 47.6 Å². The number of benzene rings is 2. The molecule has 0 spiro atoms. The quantitative estimate of drug-likeness (QED) is 0.737. The summed E-state index contributed by atoms with van der Waals surface area (Å²) < 4.78 is 10.4. The average Bonchev–Trinajstić information content (AvgIpc) is 2.58. The number of thioether (sulfide) groups is 1. The third-order valence-electron chi connectivity index (χ3n) is 3.22. The van der Waals surface area contributed by atoms with Gasteiger partial charge in [0.2, 0.25) is 5.91 Å². The molecule has 0 aromatic heterocycles. The second kappa shape index (κ2) is 9.06. The number of rotatable bonds is 7. The largest absolute Gasteiger partial charge is 0.497 e. The predicted octanol–water partition coefficient (Wildman–Crippen LogP) is 4.88. The summed E-state index contributed by atoms with van der Waals surface area (Å²) in [5, 5.41) is 4.03. The first-order chi connectivity index (χ1) is 11.5. The third kappa shape index (κ3) is 4.97. The maximum Gasteiger partial charge on any atom is 0.234 e. The molecule has 2 aromatic rings. The van der Waals surface area contributed by atoms with Crippen molar-refractivity contribution in [3.63, 3.8) is 0 Å². The smallest absolute Gasteiger partial charge is 0.234 e. The van der Waals surface area contributed by atoms with Gasteiger partial charge in [0.15, 0.2) is 0 Å². The van der Waals surface area contributed by atoms with Gasteiger partial charge in [0.25, 0.3) is 0 Å². The van der Waals surface area contributed by atoms with Crippen LogP contribution < -0.4 is 14.8 Å². The Kier molecular flexibility index (Phi) is 7.09. The lowest BCUT2D eigenvalue weighted by molar-refractivity contribution is -0.113. The number of anilines is 1. The standard InChI is InChI=1S/C17H17Cl2NO3S/c1-22-11-6-7-15(16(8-11)23-2)20-17(21)10-24-9-12-13(18)4-3-5-14(12)19/h3-8H,9-10H2,1-2H3,(H,20,21). The van der Waals surface area contributed by atoms with Gasteiger partial charge in [-0.3, -0.25) is 4.79 Å². The molecule has 0 atom stereocenters. The minimum Gasteiger partial charge on any atom is -0.497 e. The Morgan fingerprint density at radius 1 is 1.12 bits per heavy atom. The van der Waals surface area contributed by atoms with Crippen LogP contribution >= 0.6 is 35.0 Å². The van der Waals surface area contributed by atoms with Crippen molar-refractivity contribution in [1.29, 1.82) is 0 Å². The fourth-order valence-corrected chi connectivity index (χ4v) is 3.57. The molecule has 24 heavy (non-hydrogen) atoms. The fourth-order valence-electron chi connectivity index (χ4n) is 2.00. The molecular weight excluding hydrogens is 369 g/mol. The van der Waals surface area contributed by atoms with Gasteiger partial charge in [0.1, 0.15) is 11.5 Å². The number of ether oxygens (including phenoxy) is 2. The van der Waals surface area contributed by atoms with E-state index in [1.165, 1.54) is 11.8 Å². The summed E-state index contributed by atoms with van der Waals surface area (Å²) in [7, 11) is 3.11. The summed E-state index contributed by atoms with van der Waals surface area (Å²) in [6.07, 6.45) is 0. The lowest BCUT2D eigenvalue weighted by Gasteiger charge is -2.12. The molecule has 0 heterocycles. The molecule has 0 saturated heterocycles. The van der Waals surface area contributed by atoms with E-state index in [0.29, 0.717) is 33.0 Å². The molecule has 0 fully saturated rings. The highest BCUT2D eigenvalue weighted by Gasteiger charge is 2.11. The van der Waals surface area contributed by atoms with Crippen LogP contribution in [0.15, 0.2) is 36.4 Å². The Balaban J connectivity index is 1.92. The molecular formula is C17H17Cl2NO3S. The second-order valence-corrected chi connectivity index (χ2v) is 6.61. The van der Waals surface area contributed by atoms with Crippen LogP contribution in [0.2, 0.25) is 10.0 Å². The minimum atomic E-state index is -0.133. The number of methoxy groups -OCH3 is 2. The van der Waals surface area contributed by atoms with Crippen LogP contribution in [0.1, 0.15) is 5.56 Å². The molecule has 0 aliphatic carbocycles. The van der Waals surface area contributed by atoms with Crippen LogP contribution in [0.4, 0.5) is 5.69 Å². The number of amides is 1. The Hall–Kier alpha value is -1.56. The van der Waals surface area contributed by atoms with Gasteiger partial charge in [-0.1, -0.05) is 29.3 Å². The van der Waals surface area contributed by atoms with Crippen molar-refractivity contribution in [1.82, 2.24) is 0 Å². The maximum atomic E-state index is 12.1. The molecule has 0 unspecified atom stereocenters. The van der Waals surface area contributed by atoms with Crippen molar-refractivity contribution in [2.24, 2.45) is 0 Å².